The fourth-order valence-corrected chi connectivity index (χ4v) is 7.41. The number of carbonyl (C=O) groups is 1. The van der Waals surface area contributed by atoms with E-state index in [1.807, 2.05) is 0 Å². The molecular weight excluding hydrogens is 596 g/mol. The lowest BCUT2D eigenvalue weighted by atomic mass is 10.2. The highest BCUT2D eigenvalue weighted by atomic mass is 79.9. The standard InChI is InChI=1S/C25H25BrN4O6S2/c1-36-24-13-12-20(26)16-19(24)17-27-28-25(31)23-18-29(37(32,33)21-8-4-2-5-9-21)14-15-30(23)38(34,35)22-10-6-3-7-11-22/h2-13,16-17,23H,14-15,18H2,1H3,(H,28,31)/b27-17-/t23-/m0/s1. The van der Waals surface area contributed by atoms with Gasteiger partial charge in [-0.05, 0) is 42.5 Å². The van der Waals surface area contributed by atoms with Crippen LogP contribution in [0.3, 0.4) is 0 Å². The van der Waals surface area contributed by atoms with Crippen molar-refractivity contribution in [2.75, 3.05) is 26.7 Å². The van der Waals surface area contributed by atoms with E-state index in [-0.39, 0.29) is 29.4 Å². The second-order valence-electron chi connectivity index (χ2n) is 8.24. The molecule has 1 saturated heterocycles. The molecule has 0 unspecified atom stereocenters. The Hall–Kier alpha value is -3.10. The maximum Gasteiger partial charge on any atom is 0.259 e. The van der Waals surface area contributed by atoms with E-state index >= 15 is 0 Å². The van der Waals surface area contributed by atoms with Crippen molar-refractivity contribution in [2.24, 2.45) is 5.10 Å². The second-order valence-corrected chi connectivity index (χ2v) is 13.0. The van der Waals surface area contributed by atoms with Gasteiger partial charge in [0.05, 0.1) is 23.1 Å². The number of nitrogens with zero attached hydrogens (tertiary/aromatic N) is 3. The van der Waals surface area contributed by atoms with E-state index in [0.717, 1.165) is 13.1 Å². The van der Waals surface area contributed by atoms with Gasteiger partial charge >= 0.3 is 0 Å². The number of hydrazone groups is 1. The van der Waals surface area contributed by atoms with Gasteiger partial charge in [-0.15, -0.1) is 0 Å². The highest BCUT2D eigenvalue weighted by Crippen LogP contribution is 2.26. The van der Waals surface area contributed by atoms with Crippen LogP contribution in [0.2, 0.25) is 0 Å². The molecule has 1 N–H and O–H groups in total. The number of nitrogens with one attached hydrogen (secondary N) is 1. The van der Waals surface area contributed by atoms with Crippen LogP contribution in [0, 0.1) is 0 Å². The number of carbonyl (C=O) groups excluding carboxylic acids is 1. The molecule has 1 heterocycles. The second kappa shape index (κ2) is 11.7. The first-order valence-electron chi connectivity index (χ1n) is 11.4. The van der Waals surface area contributed by atoms with Crippen molar-refractivity contribution < 1.29 is 26.4 Å². The van der Waals surface area contributed by atoms with Crippen LogP contribution in [0.4, 0.5) is 0 Å². The first-order chi connectivity index (χ1) is 18.1. The zero-order valence-corrected chi connectivity index (χ0v) is 23.5. The third-order valence-electron chi connectivity index (χ3n) is 5.90. The number of halogens is 1. The molecule has 13 heteroatoms. The molecule has 1 aliphatic rings. The van der Waals surface area contributed by atoms with Gasteiger partial charge in [-0.1, -0.05) is 52.3 Å². The molecule has 0 spiro atoms. The van der Waals surface area contributed by atoms with Crippen LogP contribution in [0.5, 0.6) is 5.75 Å². The lowest BCUT2D eigenvalue weighted by molar-refractivity contribution is -0.125. The highest BCUT2D eigenvalue weighted by Gasteiger charge is 2.43. The minimum Gasteiger partial charge on any atom is -0.496 e. The van der Waals surface area contributed by atoms with Crippen molar-refractivity contribution in [3.8, 4) is 5.75 Å². The van der Waals surface area contributed by atoms with Gasteiger partial charge in [0.15, 0.2) is 0 Å². The van der Waals surface area contributed by atoms with Gasteiger partial charge in [0.25, 0.3) is 5.91 Å². The smallest absolute Gasteiger partial charge is 0.259 e. The molecule has 10 nitrogen and oxygen atoms in total. The Morgan fingerprint density at radius 2 is 1.55 bits per heavy atom. The fraction of sp³-hybridized carbons (Fsp3) is 0.200. The summed E-state index contributed by atoms with van der Waals surface area (Å²) in [6.07, 6.45) is 1.36. The van der Waals surface area contributed by atoms with E-state index in [0.29, 0.717) is 11.3 Å². The summed E-state index contributed by atoms with van der Waals surface area (Å²) in [7, 11) is -6.58. The summed E-state index contributed by atoms with van der Waals surface area (Å²) in [4.78, 5) is 13.4. The average molecular weight is 622 g/mol. The van der Waals surface area contributed by atoms with E-state index in [2.05, 4.69) is 26.5 Å². The molecule has 0 bridgehead atoms. The van der Waals surface area contributed by atoms with Crippen LogP contribution in [0.25, 0.3) is 0 Å². The summed E-state index contributed by atoms with van der Waals surface area (Å²) in [5, 5.41) is 3.99. The normalized spacial score (nSPS) is 17.4. The largest absolute Gasteiger partial charge is 0.496 e. The summed E-state index contributed by atoms with van der Waals surface area (Å²) in [5.41, 5.74) is 2.93. The molecule has 0 radical (unpaired) electrons. The van der Waals surface area contributed by atoms with Gasteiger partial charge in [-0.3, -0.25) is 4.79 Å². The van der Waals surface area contributed by atoms with Crippen molar-refractivity contribution in [3.05, 3.63) is 88.9 Å². The van der Waals surface area contributed by atoms with Crippen LogP contribution < -0.4 is 10.2 Å². The van der Waals surface area contributed by atoms with Crippen LogP contribution in [0.15, 0.2) is 98.2 Å². The van der Waals surface area contributed by atoms with Crippen LogP contribution in [-0.2, 0) is 24.8 Å². The molecule has 3 aromatic rings. The zero-order chi connectivity index (χ0) is 27.3. The molecule has 1 atom stereocenters. The highest BCUT2D eigenvalue weighted by molar-refractivity contribution is 9.10. The van der Waals surface area contributed by atoms with Gasteiger partial charge in [0.2, 0.25) is 20.0 Å². The maximum atomic E-state index is 13.5. The number of hydrogen-bond donors (Lipinski definition) is 1. The summed E-state index contributed by atoms with van der Waals surface area (Å²) >= 11 is 3.36. The Kier molecular flexibility index (Phi) is 8.63. The lowest BCUT2D eigenvalue weighted by Crippen LogP contribution is -2.60. The number of sulfonamides is 2. The fourth-order valence-electron chi connectivity index (χ4n) is 3.98. The molecule has 38 heavy (non-hydrogen) atoms. The van der Waals surface area contributed by atoms with Gasteiger partial charge < -0.3 is 4.74 Å². The van der Waals surface area contributed by atoms with Crippen LogP contribution in [-0.4, -0.2) is 70.4 Å². The van der Waals surface area contributed by atoms with Crippen molar-refractivity contribution in [3.63, 3.8) is 0 Å². The lowest BCUT2D eigenvalue weighted by Gasteiger charge is -2.38. The van der Waals surface area contributed by atoms with E-state index in [1.165, 1.54) is 37.6 Å². The number of ether oxygens (including phenoxy) is 1. The third kappa shape index (κ3) is 5.97. The maximum absolute atomic E-state index is 13.5. The van der Waals surface area contributed by atoms with Crippen molar-refractivity contribution in [1.29, 1.82) is 0 Å². The quantitative estimate of drug-likeness (QED) is 0.305. The Balaban J connectivity index is 1.64. The van der Waals surface area contributed by atoms with Crippen molar-refractivity contribution >= 4 is 48.1 Å². The Morgan fingerprint density at radius 1 is 0.947 bits per heavy atom. The number of hydrogen-bond acceptors (Lipinski definition) is 7. The van der Waals surface area contributed by atoms with Gasteiger partial charge in [0.1, 0.15) is 11.8 Å². The zero-order valence-electron chi connectivity index (χ0n) is 20.3. The topological polar surface area (TPSA) is 125 Å². The molecule has 0 aliphatic carbocycles. The first-order valence-corrected chi connectivity index (χ1v) is 15.1. The molecule has 0 saturated carbocycles. The molecule has 4 rings (SSSR count). The van der Waals surface area contributed by atoms with Gasteiger partial charge in [0, 0.05) is 29.7 Å². The molecule has 0 aromatic heterocycles. The number of benzene rings is 3. The van der Waals surface area contributed by atoms with E-state index in [4.69, 9.17) is 4.74 Å². The number of piperazine rings is 1. The minimum absolute atomic E-state index is 0.000426. The molecule has 200 valence electrons. The summed E-state index contributed by atoms with van der Waals surface area (Å²) < 4.78 is 61.6. The van der Waals surface area contributed by atoms with Crippen molar-refractivity contribution in [2.45, 2.75) is 15.8 Å². The number of amides is 1. The molecule has 1 amide bonds. The molecule has 1 aliphatic heterocycles. The van der Waals surface area contributed by atoms with Crippen molar-refractivity contribution in [1.82, 2.24) is 14.0 Å². The Morgan fingerprint density at radius 3 is 2.16 bits per heavy atom. The Bertz CT molecular complexity index is 1530. The van der Waals surface area contributed by atoms with E-state index < -0.39 is 32.0 Å². The number of methoxy groups -OCH3 is 1. The average Bonchev–Trinajstić information content (AvgIpc) is 2.93. The van der Waals surface area contributed by atoms with Gasteiger partial charge in [-0.2, -0.15) is 13.7 Å². The predicted molar refractivity (Wildman–Crippen MR) is 146 cm³/mol. The van der Waals surface area contributed by atoms with E-state index in [1.54, 1.807) is 54.6 Å². The number of rotatable bonds is 8. The first kappa shape index (κ1) is 27.9. The summed E-state index contributed by atoms with van der Waals surface area (Å²) in [6, 6.07) is 19.3. The SMILES string of the molecule is COc1ccc(Br)cc1/C=N\NC(=O)[C@@H]1CN(S(=O)(=O)c2ccccc2)CCN1S(=O)(=O)c1ccccc1. The summed E-state index contributed by atoms with van der Waals surface area (Å²) in [5.74, 6) is -0.264. The predicted octanol–water partition coefficient (Wildman–Crippen LogP) is 2.67. The minimum atomic E-state index is -4.11. The van der Waals surface area contributed by atoms with Crippen LogP contribution >= 0.6 is 15.9 Å². The Labute approximate surface area is 230 Å². The molecule has 1 fully saturated rings. The summed E-state index contributed by atoms with van der Waals surface area (Å²) in [6.45, 7) is -0.721. The third-order valence-corrected chi connectivity index (χ3v) is 10.2. The van der Waals surface area contributed by atoms with Gasteiger partial charge in [-0.25, -0.2) is 22.3 Å². The molecule has 3 aromatic carbocycles. The van der Waals surface area contributed by atoms with Crippen LogP contribution in [0.1, 0.15) is 5.56 Å². The van der Waals surface area contributed by atoms with E-state index in [9.17, 15) is 21.6 Å². The molecular formula is C25H25BrN4O6S2. The monoisotopic (exact) mass is 620 g/mol.